The summed E-state index contributed by atoms with van der Waals surface area (Å²) in [4.78, 5) is 12.8. The van der Waals surface area contributed by atoms with E-state index in [1.54, 1.807) is 13.1 Å². The predicted molar refractivity (Wildman–Crippen MR) is 82.5 cm³/mol. The van der Waals surface area contributed by atoms with Gasteiger partial charge >= 0.3 is 0 Å². The minimum absolute atomic E-state index is 0.119. The van der Waals surface area contributed by atoms with Gasteiger partial charge in [0.2, 0.25) is 0 Å². The summed E-state index contributed by atoms with van der Waals surface area (Å²) < 4.78 is 5.62. The fourth-order valence-corrected chi connectivity index (χ4v) is 2.28. The van der Waals surface area contributed by atoms with Gasteiger partial charge in [0.25, 0.3) is 5.69 Å². The van der Waals surface area contributed by atoms with Crippen molar-refractivity contribution in [2.24, 2.45) is 5.92 Å². The molecular weight excluding hydrogens is 270 g/mol. The molecule has 116 valence electrons. The topological polar surface area (TPSA) is 67.6 Å². The molecule has 21 heavy (non-hydrogen) atoms. The molecule has 1 fully saturated rings. The number of nitrogens with one attached hydrogen (secondary N) is 1. The quantitative estimate of drug-likeness (QED) is 0.430. The molecule has 1 aliphatic rings. The molecule has 1 aromatic carbocycles. The van der Waals surface area contributed by atoms with Crippen molar-refractivity contribution in [2.45, 2.75) is 19.4 Å². The zero-order valence-electron chi connectivity index (χ0n) is 12.7. The van der Waals surface area contributed by atoms with E-state index in [1.807, 2.05) is 13.1 Å². The van der Waals surface area contributed by atoms with Gasteiger partial charge in [0.15, 0.2) is 0 Å². The second-order valence-corrected chi connectivity index (χ2v) is 5.57. The van der Waals surface area contributed by atoms with Crippen LogP contribution in [0.5, 0.6) is 0 Å². The van der Waals surface area contributed by atoms with Crippen molar-refractivity contribution in [3.05, 3.63) is 33.9 Å². The molecule has 0 unspecified atom stereocenters. The molecule has 0 aliphatic heterocycles. The third kappa shape index (κ3) is 4.68. The van der Waals surface area contributed by atoms with Crippen LogP contribution in [0, 0.1) is 16.0 Å². The highest BCUT2D eigenvalue weighted by atomic mass is 16.6. The van der Waals surface area contributed by atoms with E-state index in [1.165, 1.54) is 18.9 Å². The molecule has 1 N–H and O–H groups in total. The van der Waals surface area contributed by atoms with E-state index in [-0.39, 0.29) is 10.6 Å². The zero-order valence-corrected chi connectivity index (χ0v) is 12.7. The van der Waals surface area contributed by atoms with Crippen LogP contribution < -0.4 is 5.32 Å². The largest absolute Gasteiger partial charge is 0.382 e. The van der Waals surface area contributed by atoms with Crippen LogP contribution in [-0.2, 0) is 11.3 Å². The maximum absolute atomic E-state index is 11.0. The summed E-state index contributed by atoms with van der Waals surface area (Å²) in [6, 6.07) is 5.17. The number of nitrogens with zero attached hydrogens (tertiary/aromatic N) is 2. The van der Waals surface area contributed by atoms with Crippen molar-refractivity contribution in [2.75, 3.05) is 39.2 Å². The normalized spacial score (nSPS) is 14.4. The Morgan fingerprint density at radius 1 is 1.48 bits per heavy atom. The van der Waals surface area contributed by atoms with Crippen LogP contribution in [0.2, 0.25) is 0 Å². The van der Waals surface area contributed by atoms with Crippen LogP contribution in [0.3, 0.4) is 0 Å². The van der Waals surface area contributed by atoms with Gasteiger partial charge in [-0.25, -0.2) is 0 Å². The lowest BCUT2D eigenvalue weighted by Gasteiger charge is -2.18. The van der Waals surface area contributed by atoms with Gasteiger partial charge in [-0.2, -0.15) is 0 Å². The molecule has 0 radical (unpaired) electrons. The minimum atomic E-state index is -0.353. The molecule has 1 aliphatic carbocycles. The fourth-order valence-electron chi connectivity index (χ4n) is 2.28. The summed E-state index contributed by atoms with van der Waals surface area (Å²) >= 11 is 0. The predicted octanol–water partition coefficient (Wildman–Crippen LogP) is 2.49. The second-order valence-electron chi connectivity index (χ2n) is 5.57. The lowest BCUT2D eigenvalue weighted by Crippen LogP contribution is -2.23. The first-order valence-corrected chi connectivity index (χ1v) is 7.32. The van der Waals surface area contributed by atoms with Gasteiger partial charge in [-0.1, -0.05) is 12.1 Å². The number of hydrogen-bond donors (Lipinski definition) is 1. The first kappa shape index (κ1) is 15.7. The molecule has 1 saturated carbocycles. The Morgan fingerprint density at radius 2 is 2.24 bits per heavy atom. The van der Waals surface area contributed by atoms with E-state index in [2.05, 4.69) is 10.2 Å². The third-order valence-corrected chi connectivity index (χ3v) is 3.68. The van der Waals surface area contributed by atoms with E-state index in [0.717, 1.165) is 24.6 Å². The van der Waals surface area contributed by atoms with Crippen LogP contribution in [0.25, 0.3) is 0 Å². The highest BCUT2D eigenvalue weighted by Crippen LogP contribution is 2.29. The number of para-hydroxylation sites is 1. The van der Waals surface area contributed by atoms with Crippen molar-refractivity contribution in [3.63, 3.8) is 0 Å². The van der Waals surface area contributed by atoms with Crippen LogP contribution in [0.1, 0.15) is 18.4 Å². The van der Waals surface area contributed by atoms with Crippen LogP contribution in [0.4, 0.5) is 11.4 Å². The minimum Gasteiger partial charge on any atom is -0.382 e. The van der Waals surface area contributed by atoms with E-state index < -0.39 is 0 Å². The van der Waals surface area contributed by atoms with Gasteiger partial charge in [-0.15, -0.1) is 0 Å². The summed E-state index contributed by atoms with van der Waals surface area (Å²) in [6.07, 6.45) is 2.60. The van der Waals surface area contributed by atoms with Gasteiger partial charge < -0.3 is 10.1 Å². The van der Waals surface area contributed by atoms with Gasteiger partial charge in [0.05, 0.1) is 11.5 Å². The number of likely N-dealkylation sites (N-methyl/N-ethyl adjacent to an activating group) is 1. The number of benzene rings is 1. The number of hydrogen-bond acceptors (Lipinski definition) is 5. The smallest absolute Gasteiger partial charge is 0.292 e. The van der Waals surface area contributed by atoms with Gasteiger partial charge in [-0.3, -0.25) is 15.0 Å². The summed E-state index contributed by atoms with van der Waals surface area (Å²) in [7, 11) is 3.71. The van der Waals surface area contributed by atoms with Crippen molar-refractivity contribution in [1.82, 2.24) is 4.90 Å². The first-order valence-electron chi connectivity index (χ1n) is 7.32. The molecule has 0 aromatic heterocycles. The Labute approximate surface area is 125 Å². The second kappa shape index (κ2) is 7.38. The molecule has 0 saturated heterocycles. The zero-order chi connectivity index (χ0) is 15.2. The maximum atomic E-state index is 11.0. The van der Waals surface area contributed by atoms with Crippen LogP contribution >= 0.6 is 0 Å². The summed E-state index contributed by atoms with van der Waals surface area (Å²) in [5.41, 5.74) is 1.64. The lowest BCUT2D eigenvalue weighted by molar-refractivity contribution is -0.384. The average molecular weight is 293 g/mol. The molecule has 0 bridgehead atoms. The third-order valence-electron chi connectivity index (χ3n) is 3.68. The number of rotatable bonds is 9. The Balaban J connectivity index is 1.88. The van der Waals surface area contributed by atoms with Gasteiger partial charge in [0, 0.05) is 32.8 Å². The monoisotopic (exact) mass is 293 g/mol. The fraction of sp³-hybridized carbons (Fsp3) is 0.600. The number of anilines is 1. The number of nitro groups is 1. The molecule has 6 nitrogen and oxygen atoms in total. The molecular formula is C15H23N3O3. The molecule has 0 atom stereocenters. The van der Waals surface area contributed by atoms with E-state index in [0.29, 0.717) is 18.8 Å². The van der Waals surface area contributed by atoms with Crippen molar-refractivity contribution in [3.8, 4) is 0 Å². The molecule has 1 aromatic rings. The maximum Gasteiger partial charge on any atom is 0.292 e. The number of nitro benzene ring substituents is 1. The van der Waals surface area contributed by atoms with E-state index in [9.17, 15) is 10.1 Å². The SMILES string of the molecule is CNc1c(CN(C)CCOCC2CC2)cccc1[N+](=O)[O-]. The Bertz CT molecular complexity index is 489. The highest BCUT2D eigenvalue weighted by molar-refractivity contribution is 5.66. The van der Waals surface area contributed by atoms with E-state index in [4.69, 9.17) is 4.74 Å². The van der Waals surface area contributed by atoms with Crippen molar-refractivity contribution in [1.29, 1.82) is 0 Å². The first-order chi connectivity index (χ1) is 10.1. The molecule has 0 heterocycles. The molecule has 6 heteroatoms. The van der Waals surface area contributed by atoms with Gasteiger partial charge in [0.1, 0.15) is 5.69 Å². The van der Waals surface area contributed by atoms with Gasteiger partial charge in [-0.05, 0) is 31.4 Å². The average Bonchev–Trinajstić information content (AvgIpc) is 3.27. The van der Waals surface area contributed by atoms with Crippen molar-refractivity contribution < 1.29 is 9.66 Å². The van der Waals surface area contributed by atoms with Crippen molar-refractivity contribution >= 4 is 11.4 Å². The molecule has 2 rings (SSSR count). The summed E-state index contributed by atoms with van der Waals surface area (Å²) in [5.74, 6) is 0.781. The Morgan fingerprint density at radius 3 is 2.86 bits per heavy atom. The standard InChI is InChI=1S/C15H23N3O3/c1-16-15-13(4-3-5-14(15)18(19)20)10-17(2)8-9-21-11-12-6-7-12/h3-5,12,16H,6-11H2,1-2H3. The number of ether oxygens (including phenoxy) is 1. The molecule has 0 spiro atoms. The van der Waals surface area contributed by atoms with Crippen LogP contribution in [0.15, 0.2) is 18.2 Å². The van der Waals surface area contributed by atoms with Crippen LogP contribution in [-0.4, -0.2) is 43.7 Å². The highest BCUT2D eigenvalue weighted by Gasteiger charge is 2.21. The summed E-state index contributed by atoms with van der Waals surface area (Å²) in [6.45, 7) is 3.05. The lowest BCUT2D eigenvalue weighted by atomic mass is 10.1. The van der Waals surface area contributed by atoms with E-state index >= 15 is 0 Å². The summed E-state index contributed by atoms with van der Waals surface area (Å²) in [5, 5.41) is 14.0. The Hall–Kier alpha value is -1.66. The Kier molecular flexibility index (Phi) is 5.52. The molecule has 0 amide bonds.